The van der Waals surface area contributed by atoms with Gasteiger partial charge in [-0.1, -0.05) is 55.2 Å². The van der Waals surface area contributed by atoms with Crippen LogP contribution in [0.2, 0.25) is 0 Å². The summed E-state index contributed by atoms with van der Waals surface area (Å²) in [5, 5.41) is 19.0. The second-order valence-electron chi connectivity index (χ2n) is 5.46. The van der Waals surface area contributed by atoms with Crippen LogP contribution in [-0.4, -0.2) is 35.5 Å². The first-order valence-corrected chi connectivity index (χ1v) is 8.66. The van der Waals surface area contributed by atoms with E-state index >= 15 is 0 Å². The van der Waals surface area contributed by atoms with Gasteiger partial charge in [0.1, 0.15) is 0 Å². The highest BCUT2D eigenvalue weighted by molar-refractivity contribution is 5.68. The van der Waals surface area contributed by atoms with Crippen LogP contribution in [-0.2, 0) is 9.53 Å². The molecule has 0 spiro atoms. The lowest BCUT2D eigenvalue weighted by atomic mass is 10.1. The SMILES string of the molecule is CCC(O)/C=C/C#CC\C=C/C=C/C=C/CC(O)CCCC(=O)OC. The number of methoxy groups -OCH3 is 1. The van der Waals surface area contributed by atoms with Gasteiger partial charge in [-0.3, -0.25) is 4.79 Å². The molecule has 0 radical (unpaired) electrons. The molecule has 0 saturated heterocycles. The largest absolute Gasteiger partial charge is 0.469 e. The molecule has 4 heteroatoms. The zero-order valence-electron chi connectivity index (χ0n) is 15.2. The predicted octanol–water partition coefficient (Wildman–Crippen LogP) is 3.47. The fourth-order valence-electron chi connectivity index (χ4n) is 1.76. The van der Waals surface area contributed by atoms with E-state index in [4.69, 9.17) is 0 Å². The molecule has 4 nitrogen and oxygen atoms in total. The summed E-state index contributed by atoms with van der Waals surface area (Å²) in [5.41, 5.74) is 0. The molecule has 0 amide bonds. The van der Waals surface area contributed by atoms with Gasteiger partial charge in [0.25, 0.3) is 0 Å². The van der Waals surface area contributed by atoms with Crippen LogP contribution in [0.3, 0.4) is 0 Å². The Bertz CT molecular complexity index is 518. The Labute approximate surface area is 151 Å². The Kier molecular flexibility index (Phi) is 15.4. The molecule has 25 heavy (non-hydrogen) atoms. The number of allylic oxidation sites excluding steroid dienone is 6. The first-order chi connectivity index (χ1) is 12.1. The molecule has 0 heterocycles. The Morgan fingerprint density at radius 3 is 2.56 bits per heavy atom. The van der Waals surface area contributed by atoms with Crippen molar-refractivity contribution in [2.75, 3.05) is 7.11 Å². The maximum atomic E-state index is 10.9. The van der Waals surface area contributed by atoms with E-state index in [1.807, 2.05) is 43.4 Å². The Balaban J connectivity index is 3.79. The van der Waals surface area contributed by atoms with Crippen molar-refractivity contribution in [2.45, 2.75) is 57.7 Å². The Morgan fingerprint density at radius 1 is 1.16 bits per heavy atom. The van der Waals surface area contributed by atoms with Crippen molar-refractivity contribution in [1.82, 2.24) is 0 Å². The van der Waals surface area contributed by atoms with Crippen LogP contribution in [0.4, 0.5) is 0 Å². The van der Waals surface area contributed by atoms with Crippen LogP contribution < -0.4 is 0 Å². The molecular formula is C21H30O4. The van der Waals surface area contributed by atoms with Crippen LogP contribution in [0.1, 0.15) is 45.4 Å². The van der Waals surface area contributed by atoms with Crippen molar-refractivity contribution in [3.8, 4) is 11.8 Å². The number of carbonyl (C=O) groups excluding carboxylic acids is 1. The summed E-state index contributed by atoms with van der Waals surface area (Å²) in [4.78, 5) is 10.9. The normalized spacial score (nSPS) is 14.2. The van der Waals surface area contributed by atoms with Gasteiger partial charge in [0, 0.05) is 12.8 Å². The van der Waals surface area contributed by atoms with E-state index in [2.05, 4.69) is 16.6 Å². The number of rotatable bonds is 11. The first-order valence-electron chi connectivity index (χ1n) is 8.66. The van der Waals surface area contributed by atoms with Gasteiger partial charge in [0.2, 0.25) is 0 Å². The van der Waals surface area contributed by atoms with Crippen LogP contribution in [0, 0.1) is 11.8 Å². The van der Waals surface area contributed by atoms with E-state index in [0.29, 0.717) is 38.5 Å². The van der Waals surface area contributed by atoms with Crippen molar-refractivity contribution in [3.05, 3.63) is 48.6 Å². The Hall–Kier alpha value is -2.09. The van der Waals surface area contributed by atoms with E-state index in [-0.39, 0.29) is 5.97 Å². The van der Waals surface area contributed by atoms with E-state index in [1.165, 1.54) is 7.11 Å². The molecule has 0 rings (SSSR count). The molecule has 0 aliphatic carbocycles. The fraction of sp³-hybridized carbons (Fsp3) is 0.476. The summed E-state index contributed by atoms with van der Waals surface area (Å²) >= 11 is 0. The molecule has 2 unspecified atom stereocenters. The molecule has 0 aliphatic rings. The maximum Gasteiger partial charge on any atom is 0.305 e. The highest BCUT2D eigenvalue weighted by atomic mass is 16.5. The molecule has 2 atom stereocenters. The molecular weight excluding hydrogens is 316 g/mol. The van der Waals surface area contributed by atoms with E-state index in [0.717, 1.165) is 0 Å². The second kappa shape index (κ2) is 16.8. The zero-order chi connectivity index (χ0) is 18.8. The van der Waals surface area contributed by atoms with Crippen molar-refractivity contribution >= 4 is 5.97 Å². The average molecular weight is 346 g/mol. The lowest BCUT2D eigenvalue weighted by molar-refractivity contribution is -0.140. The number of hydrogen-bond acceptors (Lipinski definition) is 4. The zero-order valence-corrected chi connectivity index (χ0v) is 15.2. The highest BCUT2D eigenvalue weighted by Gasteiger charge is 2.04. The van der Waals surface area contributed by atoms with Crippen molar-refractivity contribution < 1.29 is 19.7 Å². The quantitative estimate of drug-likeness (QED) is 0.341. The number of hydrogen-bond donors (Lipinski definition) is 2. The predicted molar refractivity (Wildman–Crippen MR) is 102 cm³/mol. The number of aliphatic hydroxyl groups excluding tert-OH is 2. The summed E-state index contributed by atoms with van der Waals surface area (Å²) < 4.78 is 4.55. The molecule has 0 aliphatic heterocycles. The van der Waals surface area contributed by atoms with Crippen molar-refractivity contribution in [1.29, 1.82) is 0 Å². The van der Waals surface area contributed by atoms with Gasteiger partial charge in [0.15, 0.2) is 0 Å². The number of carbonyl (C=O) groups is 1. The molecule has 0 aromatic rings. The van der Waals surface area contributed by atoms with Crippen molar-refractivity contribution in [2.24, 2.45) is 0 Å². The number of aliphatic hydroxyl groups is 2. The molecule has 0 bridgehead atoms. The topological polar surface area (TPSA) is 66.8 Å². The molecule has 0 saturated carbocycles. The first kappa shape index (κ1) is 22.9. The summed E-state index contributed by atoms with van der Waals surface area (Å²) in [6.45, 7) is 1.91. The summed E-state index contributed by atoms with van der Waals surface area (Å²) in [7, 11) is 1.37. The van der Waals surface area contributed by atoms with Gasteiger partial charge in [-0.2, -0.15) is 0 Å². The smallest absolute Gasteiger partial charge is 0.305 e. The van der Waals surface area contributed by atoms with Crippen LogP contribution in [0.15, 0.2) is 48.6 Å². The molecule has 0 aromatic carbocycles. The molecule has 2 N–H and O–H groups in total. The van der Waals surface area contributed by atoms with Crippen molar-refractivity contribution in [3.63, 3.8) is 0 Å². The minimum absolute atomic E-state index is 0.239. The van der Waals surface area contributed by atoms with Gasteiger partial charge in [0.05, 0.1) is 19.3 Å². The van der Waals surface area contributed by atoms with Crippen LogP contribution >= 0.6 is 0 Å². The van der Waals surface area contributed by atoms with Crippen LogP contribution in [0.25, 0.3) is 0 Å². The highest BCUT2D eigenvalue weighted by Crippen LogP contribution is 2.06. The van der Waals surface area contributed by atoms with Crippen LogP contribution in [0.5, 0.6) is 0 Å². The summed E-state index contributed by atoms with van der Waals surface area (Å²) in [6, 6.07) is 0. The van der Waals surface area contributed by atoms with Gasteiger partial charge in [-0.05, 0) is 37.8 Å². The average Bonchev–Trinajstić information content (AvgIpc) is 2.62. The van der Waals surface area contributed by atoms with E-state index < -0.39 is 12.2 Å². The van der Waals surface area contributed by atoms with E-state index in [1.54, 1.807) is 12.2 Å². The molecule has 0 fully saturated rings. The summed E-state index contributed by atoms with van der Waals surface area (Å²) in [5.74, 6) is 5.59. The number of ether oxygens (including phenoxy) is 1. The Morgan fingerprint density at radius 2 is 1.88 bits per heavy atom. The van der Waals surface area contributed by atoms with Gasteiger partial charge >= 0.3 is 5.97 Å². The standard InChI is InChI=1S/C21H30O4/c1-3-19(22)15-12-10-8-6-4-5-7-9-11-13-16-20(23)17-14-18-21(24)25-2/h4-5,7,9,11-13,15,19-20,22-23H,3,6,14,16-18H2,1-2H3/b5-4-,9-7+,13-11+,15-12+. The van der Waals surface area contributed by atoms with Gasteiger partial charge < -0.3 is 14.9 Å². The molecule has 138 valence electrons. The third-order valence-electron chi connectivity index (χ3n) is 3.30. The lowest BCUT2D eigenvalue weighted by Crippen LogP contribution is -2.07. The second-order valence-corrected chi connectivity index (χ2v) is 5.46. The third kappa shape index (κ3) is 16.5. The third-order valence-corrected chi connectivity index (χ3v) is 3.30. The maximum absolute atomic E-state index is 10.9. The number of esters is 1. The molecule has 0 aromatic heterocycles. The minimum Gasteiger partial charge on any atom is -0.469 e. The minimum atomic E-state index is -0.431. The fourth-order valence-corrected chi connectivity index (χ4v) is 1.76. The lowest BCUT2D eigenvalue weighted by Gasteiger charge is -2.06. The van der Waals surface area contributed by atoms with Gasteiger partial charge in [-0.15, -0.1) is 0 Å². The van der Waals surface area contributed by atoms with Gasteiger partial charge in [-0.25, -0.2) is 0 Å². The summed E-state index contributed by atoms with van der Waals surface area (Å²) in [6.07, 6.45) is 17.4. The van der Waals surface area contributed by atoms with E-state index in [9.17, 15) is 15.0 Å². The monoisotopic (exact) mass is 346 g/mol.